The molecular weight excluding hydrogens is 825 g/mol. The van der Waals surface area contributed by atoms with Crippen LogP contribution in [-0.4, -0.2) is 15.0 Å². The topological polar surface area (TPSA) is 62.5 Å². The fourth-order valence-corrected chi connectivity index (χ4v) is 10.1. The Morgan fingerprint density at radius 2 is 0.735 bits per heavy atom. The summed E-state index contributed by atoms with van der Waals surface area (Å²) in [5, 5.41) is 18.0. The second kappa shape index (κ2) is 16.0. The number of nitrogens with zero attached hydrogens (tertiary/aromatic N) is 4. The van der Waals surface area contributed by atoms with E-state index in [-0.39, 0.29) is 0 Å². The SMILES string of the molecule is N#Cc1cc(-c2ccc(-c3nc(-c4ccccc4)nc(-c4ccc(-c5ccc6c(c5)-c5cccc7cccc-6c57)cc4)n3)cc2)ccc1-c1ccc(-c2cccc3c2ccc2ccccc23)cc1. The van der Waals surface area contributed by atoms with Gasteiger partial charge in [-0.3, -0.25) is 0 Å². The summed E-state index contributed by atoms with van der Waals surface area (Å²) in [7, 11) is 0. The van der Waals surface area contributed by atoms with E-state index in [9.17, 15) is 5.26 Å². The first-order chi connectivity index (χ1) is 33.6. The summed E-state index contributed by atoms with van der Waals surface area (Å²) in [5.74, 6) is 1.80. The van der Waals surface area contributed by atoms with Crippen LogP contribution < -0.4 is 0 Å². The van der Waals surface area contributed by atoms with Crippen LogP contribution in [0.4, 0.5) is 0 Å². The lowest BCUT2D eigenvalue weighted by Crippen LogP contribution is -2.00. The standard InChI is InChI=1S/C64H38N4/c65-39-51-37-49(32-34-52(51)43-23-25-44(26-24-43)54-15-8-16-55-53-14-5-4-9-42(53)31-35-56(54)55)40-19-27-47(28-20-40)63-66-62(46-10-2-1-3-11-46)67-64(68-63)48-29-21-41(22-30-48)50-33-36-57-58-17-6-12-45-13-7-18-59(61(45)58)60(57)38-50/h1-38H. The number of aromatic nitrogens is 3. The van der Waals surface area contributed by atoms with Crippen molar-refractivity contribution < 1.29 is 0 Å². The van der Waals surface area contributed by atoms with E-state index in [4.69, 9.17) is 15.0 Å². The number of hydrogen-bond donors (Lipinski definition) is 0. The van der Waals surface area contributed by atoms with Gasteiger partial charge in [0.05, 0.1) is 11.6 Å². The quantitative estimate of drug-likeness (QED) is 0.150. The highest BCUT2D eigenvalue weighted by Gasteiger charge is 2.22. The molecule has 0 fully saturated rings. The Kier molecular flexibility index (Phi) is 9.20. The highest BCUT2D eigenvalue weighted by molar-refractivity contribution is 6.16. The van der Waals surface area contributed by atoms with Crippen LogP contribution in [0.5, 0.6) is 0 Å². The van der Waals surface area contributed by atoms with Crippen LogP contribution in [0, 0.1) is 11.3 Å². The van der Waals surface area contributed by atoms with Crippen molar-refractivity contribution in [1.29, 1.82) is 5.26 Å². The minimum Gasteiger partial charge on any atom is -0.208 e. The fourth-order valence-electron chi connectivity index (χ4n) is 10.1. The van der Waals surface area contributed by atoms with Crippen molar-refractivity contribution in [3.63, 3.8) is 0 Å². The monoisotopic (exact) mass is 862 g/mol. The summed E-state index contributed by atoms with van der Waals surface area (Å²) in [4.78, 5) is 15.0. The number of fused-ring (bicyclic) bond motifs is 6. The maximum Gasteiger partial charge on any atom is 0.164 e. The average molecular weight is 863 g/mol. The molecule has 0 saturated carbocycles. The van der Waals surface area contributed by atoms with Gasteiger partial charge in [-0.25, -0.2) is 15.0 Å². The predicted octanol–water partition coefficient (Wildman–Crippen LogP) is 16.5. The van der Waals surface area contributed by atoms with Crippen molar-refractivity contribution in [2.75, 3.05) is 0 Å². The molecule has 0 bridgehead atoms. The zero-order chi connectivity index (χ0) is 45.1. The normalized spacial score (nSPS) is 11.5. The fraction of sp³-hybridized carbons (Fsp3) is 0. The molecule has 0 radical (unpaired) electrons. The number of rotatable bonds is 7. The van der Waals surface area contributed by atoms with Crippen molar-refractivity contribution in [3.8, 4) is 107 Å². The highest BCUT2D eigenvalue weighted by atomic mass is 15.0. The minimum atomic E-state index is 0.588. The van der Waals surface area contributed by atoms with Crippen LogP contribution in [0.2, 0.25) is 0 Å². The summed E-state index contributed by atoms with van der Waals surface area (Å²) in [6.45, 7) is 0. The van der Waals surface area contributed by atoms with Crippen molar-refractivity contribution in [3.05, 3.63) is 236 Å². The molecule has 1 heterocycles. The molecule has 314 valence electrons. The van der Waals surface area contributed by atoms with Gasteiger partial charge in [-0.1, -0.05) is 218 Å². The van der Waals surface area contributed by atoms with Crippen molar-refractivity contribution >= 4 is 32.3 Å². The van der Waals surface area contributed by atoms with Gasteiger partial charge in [0.15, 0.2) is 17.5 Å². The van der Waals surface area contributed by atoms with E-state index in [1.807, 2.05) is 48.5 Å². The van der Waals surface area contributed by atoms with Crippen LogP contribution in [0.25, 0.3) is 133 Å². The minimum absolute atomic E-state index is 0.588. The molecule has 13 rings (SSSR count). The van der Waals surface area contributed by atoms with Gasteiger partial charge in [0.25, 0.3) is 0 Å². The van der Waals surface area contributed by atoms with Crippen molar-refractivity contribution in [2.24, 2.45) is 0 Å². The van der Waals surface area contributed by atoms with Gasteiger partial charge < -0.3 is 0 Å². The van der Waals surface area contributed by atoms with Crippen molar-refractivity contribution in [1.82, 2.24) is 15.0 Å². The summed E-state index contributed by atoms with van der Waals surface area (Å²) < 4.78 is 0. The molecule has 12 aromatic rings. The van der Waals surface area contributed by atoms with Gasteiger partial charge in [-0.15, -0.1) is 0 Å². The third-order valence-corrected chi connectivity index (χ3v) is 13.6. The molecule has 4 nitrogen and oxygen atoms in total. The Morgan fingerprint density at radius 3 is 1.40 bits per heavy atom. The maximum absolute atomic E-state index is 10.4. The lowest BCUT2D eigenvalue weighted by Gasteiger charge is -2.12. The lowest BCUT2D eigenvalue weighted by molar-refractivity contribution is 1.07. The van der Waals surface area contributed by atoms with E-state index < -0.39 is 0 Å². The second-order valence-electron chi connectivity index (χ2n) is 17.4. The molecule has 4 heteroatoms. The Bertz CT molecular complexity index is 3990. The van der Waals surface area contributed by atoms with Gasteiger partial charge >= 0.3 is 0 Å². The molecule has 0 saturated heterocycles. The molecule has 0 unspecified atom stereocenters. The number of benzene rings is 11. The van der Waals surface area contributed by atoms with E-state index >= 15 is 0 Å². The first-order valence-electron chi connectivity index (χ1n) is 22.9. The summed E-state index contributed by atoms with van der Waals surface area (Å²) in [6.07, 6.45) is 0. The van der Waals surface area contributed by atoms with Gasteiger partial charge in [0.1, 0.15) is 0 Å². The van der Waals surface area contributed by atoms with E-state index in [2.05, 4.69) is 188 Å². The van der Waals surface area contributed by atoms with Crippen LogP contribution in [-0.2, 0) is 0 Å². The van der Waals surface area contributed by atoms with Gasteiger partial charge in [0.2, 0.25) is 0 Å². The molecule has 0 aliphatic heterocycles. The Hall–Kier alpha value is -9.30. The van der Waals surface area contributed by atoms with Gasteiger partial charge in [0, 0.05) is 16.7 Å². The molecule has 0 atom stereocenters. The number of hydrogen-bond acceptors (Lipinski definition) is 4. The largest absolute Gasteiger partial charge is 0.208 e. The van der Waals surface area contributed by atoms with Crippen LogP contribution in [0.15, 0.2) is 231 Å². The third kappa shape index (κ3) is 6.65. The molecule has 68 heavy (non-hydrogen) atoms. The first-order valence-corrected chi connectivity index (χ1v) is 22.9. The van der Waals surface area contributed by atoms with Crippen LogP contribution in [0.1, 0.15) is 5.56 Å². The zero-order valence-electron chi connectivity index (χ0n) is 36.7. The first kappa shape index (κ1) is 39.1. The van der Waals surface area contributed by atoms with Gasteiger partial charge in [-0.05, 0) is 111 Å². The Morgan fingerprint density at radius 1 is 0.265 bits per heavy atom. The van der Waals surface area contributed by atoms with Gasteiger partial charge in [-0.2, -0.15) is 5.26 Å². The molecule has 0 amide bonds. The average Bonchev–Trinajstić information content (AvgIpc) is 3.74. The molecule has 11 aromatic carbocycles. The second-order valence-corrected chi connectivity index (χ2v) is 17.4. The summed E-state index contributed by atoms with van der Waals surface area (Å²) in [6, 6.07) is 83.4. The van der Waals surface area contributed by atoms with E-state index in [0.29, 0.717) is 23.0 Å². The van der Waals surface area contributed by atoms with Crippen LogP contribution in [0.3, 0.4) is 0 Å². The highest BCUT2D eigenvalue weighted by Crippen LogP contribution is 2.48. The Balaban J connectivity index is 0.785. The Labute approximate surface area is 393 Å². The van der Waals surface area contributed by atoms with Crippen LogP contribution >= 0.6 is 0 Å². The molecule has 0 N–H and O–H groups in total. The summed E-state index contributed by atoms with van der Waals surface area (Å²) >= 11 is 0. The third-order valence-electron chi connectivity index (χ3n) is 13.6. The lowest BCUT2D eigenvalue weighted by atomic mass is 9.92. The zero-order valence-corrected chi connectivity index (χ0v) is 36.7. The van der Waals surface area contributed by atoms with E-state index in [1.165, 1.54) is 65.7 Å². The van der Waals surface area contributed by atoms with E-state index in [1.54, 1.807) is 0 Å². The molecule has 0 spiro atoms. The summed E-state index contributed by atoms with van der Waals surface area (Å²) in [5.41, 5.74) is 16.9. The predicted molar refractivity (Wildman–Crippen MR) is 280 cm³/mol. The maximum atomic E-state index is 10.4. The molecular formula is C64H38N4. The number of nitriles is 1. The molecule has 1 aliphatic carbocycles. The molecule has 1 aromatic heterocycles. The molecule has 1 aliphatic rings. The van der Waals surface area contributed by atoms with E-state index in [0.717, 1.165) is 50.1 Å². The van der Waals surface area contributed by atoms with Crippen molar-refractivity contribution in [2.45, 2.75) is 0 Å². The smallest absolute Gasteiger partial charge is 0.164 e.